The zero-order valence-electron chi connectivity index (χ0n) is 8.33. The van der Waals surface area contributed by atoms with Crippen molar-refractivity contribution in [3.63, 3.8) is 0 Å². The van der Waals surface area contributed by atoms with Gasteiger partial charge >= 0.3 is 0 Å². The summed E-state index contributed by atoms with van der Waals surface area (Å²) in [4.78, 5) is 7.91. The first-order valence-electron chi connectivity index (χ1n) is 4.33. The van der Waals surface area contributed by atoms with E-state index in [4.69, 9.17) is 0 Å². The Bertz CT molecular complexity index is 245. The van der Waals surface area contributed by atoms with Gasteiger partial charge in [0.1, 0.15) is 12.1 Å². The number of hydrogen-bond acceptors (Lipinski definition) is 4. The zero-order valence-corrected chi connectivity index (χ0v) is 8.33. The molecule has 0 spiro atoms. The largest absolute Gasteiger partial charge is 0.368 e. The Kier molecular flexibility index (Phi) is 3.19. The van der Waals surface area contributed by atoms with E-state index < -0.39 is 0 Å². The molecule has 0 saturated carbocycles. The van der Waals surface area contributed by atoms with Gasteiger partial charge in [-0.2, -0.15) is 0 Å². The highest BCUT2D eigenvalue weighted by Gasteiger charge is 2.13. The number of nitrogens with one attached hydrogen (secondary N) is 2. The molecule has 4 heteroatoms. The van der Waals surface area contributed by atoms with Gasteiger partial charge in [-0.15, -0.1) is 0 Å². The minimum absolute atomic E-state index is 0.0744. The number of anilines is 1. The highest BCUT2D eigenvalue weighted by Crippen LogP contribution is 2.04. The summed E-state index contributed by atoms with van der Waals surface area (Å²) in [5, 5.41) is 6.43. The van der Waals surface area contributed by atoms with E-state index in [1.807, 2.05) is 13.1 Å². The zero-order chi connectivity index (χ0) is 9.73. The van der Waals surface area contributed by atoms with Crippen LogP contribution in [0, 0.1) is 0 Å². The number of aromatic nitrogens is 2. The molecule has 1 aromatic heterocycles. The molecule has 4 nitrogen and oxygen atoms in total. The van der Waals surface area contributed by atoms with Gasteiger partial charge in [0.2, 0.25) is 0 Å². The van der Waals surface area contributed by atoms with Crippen LogP contribution < -0.4 is 10.6 Å². The minimum Gasteiger partial charge on any atom is -0.368 e. The molecule has 0 amide bonds. The smallest absolute Gasteiger partial charge is 0.129 e. The molecule has 2 N–H and O–H groups in total. The maximum absolute atomic E-state index is 4.07. The third-order valence-corrected chi connectivity index (χ3v) is 1.97. The first-order chi connectivity index (χ1) is 6.14. The van der Waals surface area contributed by atoms with Gasteiger partial charge in [0.05, 0.1) is 0 Å². The Labute approximate surface area is 78.8 Å². The Hall–Kier alpha value is -1.16. The molecule has 0 fully saturated rings. The summed E-state index contributed by atoms with van der Waals surface area (Å²) in [6.45, 7) is 5.09. The van der Waals surface area contributed by atoms with Gasteiger partial charge in [-0.05, 0) is 27.0 Å². The Morgan fingerprint density at radius 3 is 2.77 bits per heavy atom. The molecule has 0 aliphatic heterocycles. The molecule has 1 rings (SSSR count). The summed E-state index contributed by atoms with van der Waals surface area (Å²) < 4.78 is 0. The molecule has 0 unspecified atom stereocenters. The van der Waals surface area contributed by atoms with Crippen molar-refractivity contribution in [3.05, 3.63) is 18.6 Å². The maximum Gasteiger partial charge on any atom is 0.129 e. The third kappa shape index (κ3) is 3.38. The van der Waals surface area contributed by atoms with Crippen molar-refractivity contribution in [2.24, 2.45) is 0 Å². The highest BCUT2D eigenvalue weighted by atomic mass is 15.1. The Morgan fingerprint density at radius 2 is 2.23 bits per heavy atom. The highest BCUT2D eigenvalue weighted by molar-refractivity contribution is 5.32. The lowest BCUT2D eigenvalue weighted by atomic mass is 10.1. The predicted octanol–water partition coefficient (Wildman–Crippen LogP) is 0.886. The fourth-order valence-corrected chi connectivity index (χ4v) is 0.795. The second-order valence-electron chi connectivity index (χ2n) is 3.58. The maximum atomic E-state index is 4.07. The van der Waals surface area contributed by atoms with Gasteiger partial charge < -0.3 is 10.6 Å². The van der Waals surface area contributed by atoms with Crippen molar-refractivity contribution in [2.75, 3.05) is 18.9 Å². The SMILES string of the molecule is CNC(C)(C)CNc1ccncn1. The van der Waals surface area contributed by atoms with E-state index in [0.29, 0.717) is 0 Å². The van der Waals surface area contributed by atoms with Crippen molar-refractivity contribution in [1.82, 2.24) is 15.3 Å². The molecule has 0 aliphatic carbocycles. The van der Waals surface area contributed by atoms with Crippen LogP contribution >= 0.6 is 0 Å². The summed E-state index contributed by atoms with van der Waals surface area (Å²) in [6.07, 6.45) is 3.26. The molecule has 1 aromatic rings. The Balaban J connectivity index is 2.44. The lowest BCUT2D eigenvalue weighted by Crippen LogP contribution is -2.42. The lowest BCUT2D eigenvalue weighted by molar-refractivity contribution is 0.447. The fourth-order valence-electron chi connectivity index (χ4n) is 0.795. The summed E-state index contributed by atoms with van der Waals surface area (Å²) in [5.41, 5.74) is 0.0744. The normalized spacial score (nSPS) is 11.3. The van der Waals surface area contributed by atoms with E-state index in [0.717, 1.165) is 12.4 Å². The lowest BCUT2D eigenvalue weighted by Gasteiger charge is -2.24. The summed E-state index contributed by atoms with van der Waals surface area (Å²) in [7, 11) is 1.95. The van der Waals surface area contributed by atoms with Crippen LogP contribution in [0.1, 0.15) is 13.8 Å². The second kappa shape index (κ2) is 4.18. The predicted molar refractivity (Wildman–Crippen MR) is 53.7 cm³/mol. The van der Waals surface area contributed by atoms with Crippen LogP contribution in [0.2, 0.25) is 0 Å². The van der Waals surface area contributed by atoms with E-state index in [2.05, 4.69) is 34.4 Å². The number of likely N-dealkylation sites (N-methyl/N-ethyl adjacent to an activating group) is 1. The molecule has 1 heterocycles. The van der Waals surface area contributed by atoms with Crippen LogP contribution in [0.15, 0.2) is 18.6 Å². The van der Waals surface area contributed by atoms with Crippen LogP contribution in [0.25, 0.3) is 0 Å². The topological polar surface area (TPSA) is 49.8 Å². The molecular weight excluding hydrogens is 164 g/mol. The van der Waals surface area contributed by atoms with Crippen molar-refractivity contribution in [2.45, 2.75) is 19.4 Å². The second-order valence-corrected chi connectivity index (χ2v) is 3.58. The average Bonchev–Trinajstić information content (AvgIpc) is 2.17. The monoisotopic (exact) mass is 180 g/mol. The van der Waals surface area contributed by atoms with E-state index in [1.165, 1.54) is 6.33 Å². The summed E-state index contributed by atoms with van der Waals surface area (Å²) >= 11 is 0. The fraction of sp³-hybridized carbons (Fsp3) is 0.556. The van der Waals surface area contributed by atoms with E-state index in [1.54, 1.807) is 6.20 Å². The van der Waals surface area contributed by atoms with Crippen LogP contribution in [-0.4, -0.2) is 29.1 Å². The van der Waals surface area contributed by atoms with Crippen molar-refractivity contribution < 1.29 is 0 Å². The number of hydrogen-bond donors (Lipinski definition) is 2. The van der Waals surface area contributed by atoms with Gasteiger partial charge in [-0.1, -0.05) is 0 Å². The number of rotatable bonds is 4. The quantitative estimate of drug-likeness (QED) is 0.722. The van der Waals surface area contributed by atoms with Gasteiger partial charge in [0.15, 0.2) is 0 Å². The van der Waals surface area contributed by atoms with E-state index in [9.17, 15) is 0 Å². The summed E-state index contributed by atoms with van der Waals surface area (Å²) in [5.74, 6) is 0.860. The van der Waals surface area contributed by atoms with Crippen LogP contribution in [0.3, 0.4) is 0 Å². The van der Waals surface area contributed by atoms with Crippen molar-refractivity contribution >= 4 is 5.82 Å². The molecular formula is C9H16N4. The van der Waals surface area contributed by atoms with E-state index in [-0.39, 0.29) is 5.54 Å². The molecule has 0 atom stereocenters. The standard InChI is InChI=1S/C9H16N4/c1-9(2,10-3)6-12-8-4-5-11-7-13-8/h4-5,7,10H,6H2,1-3H3,(H,11,12,13). The van der Waals surface area contributed by atoms with Gasteiger partial charge in [-0.25, -0.2) is 9.97 Å². The molecule has 0 saturated heterocycles. The van der Waals surface area contributed by atoms with Crippen LogP contribution in [0.5, 0.6) is 0 Å². The van der Waals surface area contributed by atoms with Crippen LogP contribution in [0.4, 0.5) is 5.82 Å². The van der Waals surface area contributed by atoms with Crippen molar-refractivity contribution in [3.8, 4) is 0 Å². The van der Waals surface area contributed by atoms with Gasteiger partial charge in [0.25, 0.3) is 0 Å². The van der Waals surface area contributed by atoms with Gasteiger partial charge in [0, 0.05) is 18.3 Å². The average molecular weight is 180 g/mol. The molecule has 13 heavy (non-hydrogen) atoms. The van der Waals surface area contributed by atoms with Crippen molar-refractivity contribution in [1.29, 1.82) is 0 Å². The summed E-state index contributed by atoms with van der Waals surface area (Å²) in [6, 6.07) is 1.85. The minimum atomic E-state index is 0.0744. The Morgan fingerprint density at radius 1 is 1.46 bits per heavy atom. The molecule has 0 bridgehead atoms. The first-order valence-corrected chi connectivity index (χ1v) is 4.33. The molecule has 0 aromatic carbocycles. The molecule has 72 valence electrons. The first kappa shape index (κ1) is 9.92. The van der Waals surface area contributed by atoms with Gasteiger partial charge in [-0.3, -0.25) is 0 Å². The molecule has 0 aliphatic rings. The van der Waals surface area contributed by atoms with E-state index >= 15 is 0 Å². The number of nitrogens with zero attached hydrogens (tertiary/aromatic N) is 2. The molecule has 0 radical (unpaired) electrons. The third-order valence-electron chi connectivity index (χ3n) is 1.97. The van der Waals surface area contributed by atoms with Crippen LogP contribution in [-0.2, 0) is 0 Å².